The summed E-state index contributed by atoms with van der Waals surface area (Å²) in [7, 11) is 0. The lowest BCUT2D eigenvalue weighted by Crippen LogP contribution is -2.24. The predicted octanol–water partition coefficient (Wildman–Crippen LogP) is 9.24. The van der Waals surface area contributed by atoms with E-state index in [1.807, 2.05) is 19.1 Å². The van der Waals surface area contributed by atoms with Crippen LogP contribution in [0.15, 0.2) is 78.9 Å². The number of aryl methyl sites for hydroxylation is 2. The van der Waals surface area contributed by atoms with E-state index in [2.05, 4.69) is 35.6 Å². The van der Waals surface area contributed by atoms with Gasteiger partial charge in [-0.2, -0.15) is 0 Å². The summed E-state index contributed by atoms with van der Waals surface area (Å²) in [4.78, 5) is 0. The third-order valence-electron chi connectivity index (χ3n) is 6.75. The number of hydrogen-bond donors (Lipinski definition) is 0. The normalized spacial score (nSPS) is 16.8. The molecule has 0 fully saturated rings. The van der Waals surface area contributed by atoms with Crippen LogP contribution in [0.3, 0.4) is 0 Å². The van der Waals surface area contributed by atoms with Gasteiger partial charge in [-0.1, -0.05) is 80.7 Å². The van der Waals surface area contributed by atoms with Crippen molar-refractivity contribution in [2.24, 2.45) is 0 Å². The summed E-state index contributed by atoms with van der Waals surface area (Å²) in [6.07, 6.45) is 3.77. The minimum atomic E-state index is -5.03. The lowest BCUT2D eigenvalue weighted by Gasteiger charge is -2.31. The quantitative estimate of drug-likeness (QED) is 0.216. The van der Waals surface area contributed by atoms with E-state index < -0.39 is 23.6 Å². The molecule has 3 aromatic rings. The average molecular weight is 537 g/mol. The smallest absolute Gasteiger partial charge is 0.403 e. The molecule has 1 nitrogen and oxygen atoms in total. The van der Waals surface area contributed by atoms with Gasteiger partial charge in [-0.25, -0.2) is 8.78 Å². The van der Waals surface area contributed by atoms with E-state index in [1.54, 1.807) is 30.4 Å². The van der Waals surface area contributed by atoms with E-state index >= 15 is 4.39 Å². The Hall–Kier alpha value is -3.85. The standard InChI is InChI=1S/C33H29F5O/c1-3-5-8-23-10-12-24(13-11-23)14-15-26-16-18-28(21-25(26)4-2)32(35)20-7-6-9-29(32)27-17-19-31(30(34)22-27)39-33(36,37)38/h6-7,9-13,16-19,21-22H,3-5,8,20H2,1-2H3. The maximum absolute atomic E-state index is 16.7. The third-order valence-corrected chi connectivity index (χ3v) is 6.75. The maximum atomic E-state index is 16.7. The first-order valence-corrected chi connectivity index (χ1v) is 13.0. The van der Waals surface area contributed by atoms with Crippen molar-refractivity contribution < 1.29 is 26.7 Å². The minimum absolute atomic E-state index is 0.000184. The van der Waals surface area contributed by atoms with Crippen molar-refractivity contribution in [1.82, 2.24) is 0 Å². The molecule has 0 aliphatic heterocycles. The summed E-state index contributed by atoms with van der Waals surface area (Å²) >= 11 is 0. The van der Waals surface area contributed by atoms with Gasteiger partial charge in [-0.15, -0.1) is 13.2 Å². The van der Waals surface area contributed by atoms with Crippen LogP contribution in [-0.4, -0.2) is 6.36 Å². The van der Waals surface area contributed by atoms with Gasteiger partial charge in [0.2, 0.25) is 0 Å². The molecule has 0 saturated heterocycles. The predicted molar refractivity (Wildman–Crippen MR) is 144 cm³/mol. The fourth-order valence-corrected chi connectivity index (χ4v) is 4.64. The van der Waals surface area contributed by atoms with Crippen LogP contribution >= 0.6 is 0 Å². The molecule has 1 atom stereocenters. The Kier molecular flexibility index (Phi) is 8.60. The van der Waals surface area contributed by atoms with E-state index in [4.69, 9.17) is 0 Å². The van der Waals surface area contributed by atoms with Crippen molar-refractivity contribution in [3.8, 4) is 17.6 Å². The van der Waals surface area contributed by atoms with Crippen molar-refractivity contribution in [3.63, 3.8) is 0 Å². The van der Waals surface area contributed by atoms with Crippen LogP contribution in [-0.2, 0) is 18.5 Å². The highest BCUT2D eigenvalue weighted by atomic mass is 19.4. The first-order valence-electron chi connectivity index (χ1n) is 13.0. The second-order valence-corrected chi connectivity index (χ2v) is 9.48. The van der Waals surface area contributed by atoms with E-state index in [-0.39, 0.29) is 17.6 Å². The second kappa shape index (κ2) is 11.9. The molecule has 1 aliphatic carbocycles. The van der Waals surface area contributed by atoms with Crippen LogP contribution in [0.4, 0.5) is 22.0 Å². The van der Waals surface area contributed by atoms with Crippen molar-refractivity contribution in [2.75, 3.05) is 0 Å². The number of alkyl halides is 4. The highest BCUT2D eigenvalue weighted by Gasteiger charge is 2.38. The molecule has 1 aliphatic rings. The number of rotatable bonds is 7. The Morgan fingerprint density at radius 1 is 0.949 bits per heavy atom. The topological polar surface area (TPSA) is 9.23 Å². The third kappa shape index (κ3) is 6.78. The number of halogens is 5. The van der Waals surface area contributed by atoms with Gasteiger partial charge in [0.1, 0.15) is 0 Å². The van der Waals surface area contributed by atoms with Crippen LogP contribution in [0.25, 0.3) is 5.57 Å². The van der Waals surface area contributed by atoms with Gasteiger partial charge >= 0.3 is 6.36 Å². The number of allylic oxidation sites excluding steroid dienone is 4. The molecule has 0 heterocycles. The molecule has 3 aromatic carbocycles. The fourth-order valence-electron chi connectivity index (χ4n) is 4.64. The van der Waals surface area contributed by atoms with E-state index in [0.717, 1.165) is 48.1 Å². The van der Waals surface area contributed by atoms with Crippen LogP contribution in [0.2, 0.25) is 0 Å². The lowest BCUT2D eigenvalue weighted by atomic mass is 9.78. The van der Waals surface area contributed by atoms with Gasteiger partial charge in [-0.05, 0) is 71.8 Å². The van der Waals surface area contributed by atoms with Gasteiger partial charge in [-0.3, -0.25) is 0 Å². The number of hydrogen-bond acceptors (Lipinski definition) is 1. The van der Waals surface area contributed by atoms with Gasteiger partial charge in [0.25, 0.3) is 0 Å². The maximum Gasteiger partial charge on any atom is 0.573 e. The Bertz CT molecular complexity index is 1440. The molecular weight excluding hydrogens is 507 g/mol. The molecule has 6 heteroatoms. The Labute approximate surface area is 226 Å². The van der Waals surface area contributed by atoms with Crippen LogP contribution < -0.4 is 4.74 Å². The largest absolute Gasteiger partial charge is 0.573 e. The number of unbranched alkanes of at least 4 members (excludes halogenated alkanes) is 1. The molecule has 0 spiro atoms. The van der Waals surface area contributed by atoms with Crippen LogP contribution in [0, 0.1) is 17.7 Å². The molecule has 1 unspecified atom stereocenters. The van der Waals surface area contributed by atoms with E-state index in [9.17, 15) is 17.6 Å². The molecule has 0 radical (unpaired) electrons. The highest BCUT2D eigenvalue weighted by molar-refractivity contribution is 5.77. The molecule has 0 aromatic heterocycles. The van der Waals surface area contributed by atoms with E-state index in [1.165, 1.54) is 17.7 Å². The Morgan fingerprint density at radius 2 is 1.72 bits per heavy atom. The Balaban J connectivity index is 1.62. The molecule has 0 amide bonds. The summed E-state index contributed by atoms with van der Waals surface area (Å²) in [6, 6.07) is 16.4. The summed E-state index contributed by atoms with van der Waals surface area (Å²) in [5.74, 6) is 4.21. The molecule has 0 N–H and O–H groups in total. The van der Waals surface area contributed by atoms with Crippen molar-refractivity contribution in [3.05, 3.63) is 118 Å². The van der Waals surface area contributed by atoms with Gasteiger partial charge in [0.05, 0.1) is 0 Å². The highest BCUT2D eigenvalue weighted by Crippen LogP contribution is 2.46. The van der Waals surface area contributed by atoms with Gasteiger partial charge in [0, 0.05) is 23.1 Å². The van der Waals surface area contributed by atoms with Crippen LogP contribution in [0.1, 0.15) is 66.5 Å². The molecule has 4 rings (SSSR count). The SMILES string of the molecule is CCCCc1ccc(C#Cc2ccc(C3(F)CC=CC=C3c3ccc(OC(F)(F)F)c(F)c3)cc2CC)cc1. The monoisotopic (exact) mass is 536 g/mol. The Morgan fingerprint density at radius 3 is 2.38 bits per heavy atom. The molecule has 0 saturated carbocycles. The average Bonchev–Trinajstić information content (AvgIpc) is 2.92. The summed E-state index contributed by atoms with van der Waals surface area (Å²) in [5.41, 5.74) is 2.49. The summed E-state index contributed by atoms with van der Waals surface area (Å²) < 4.78 is 72.5. The lowest BCUT2D eigenvalue weighted by molar-refractivity contribution is -0.275. The van der Waals surface area contributed by atoms with Crippen molar-refractivity contribution >= 4 is 5.57 Å². The van der Waals surface area contributed by atoms with Crippen molar-refractivity contribution in [1.29, 1.82) is 0 Å². The van der Waals surface area contributed by atoms with Gasteiger partial charge < -0.3 is 4.74 Å². The number of benzene rings is 3. The fraction of sp³-hybridized carbons (Fsp3) is 0.273. The number of ether oxygens (including phenoxy) is 1. The second-order valence-electron chi connectivity index (χ2n) is 9.48. The summed E-state index contributed by atoms with van der Waals surface area (Å²) in [5, 5.41) is 0. The molecule has 39 heavy (non-hydrogen) atoms. The zero-order chi connectivity index (χ0) is 28.0. The minimum Gasteiger partial charge on any atom is -0.403 e. The zero-order valence-electron chi connectivity index (χ0n) is 21.8. The first-order chi connectivity index (χ1) is 18.6. The van der Waals surface area contributed by atoms with Crippen LogP contribution in [0.5, 0.6) is 5.75 Å². The summed E-state index contributed by atoms with van der Waals surface area (Å²) in [6.45, 7) is 4.13. The molecule has 0 bridgehead atoms. The molecule has 202 valence electrons. The van der Waals surface area contributed by atoms with Gasteiger partial charge in [0.15, 0.2) is 17.2 Å². The first kappa shape index (κ1) is 28.2. The zero-order valence-corrected chi connectivity index (χ0v) is 21.8. The molecular formula is C33H29F5O. The van der Waals surface area contributed by atoms with Crippen molar-refractivity contribution in [2.45, 2.75) is 58.0 Å². The van der Waals surface area contributed by atoms with E-state index in [0.29, 0.717) is 12.0 Å².